The Hall–Kier alpha value is -1.22. The second kappa shape index (κ2) is 7.12. The van der Waals surface area contributed by atoms with Crippen molar-refractivity contribution in [3.05, 3.63) is 29.6 Å². The minimum absolute atomic E-state index is 0.277. The molecule has 0 fully saturated rings. The molecule has 1 aromatic heterocycles. The second-order valence-corrected chi connectivity index (χ2v) is 3.54. The molecular formula is C12H16NO2. The molecule has 1 aromatic rings. The SMILES string of the molecule is O=[C]c1cc(CCCCCCO)ccn1. The van der Waals surface area contributed by atoms with Crippen LogP contribution in [0, 0.1) is 0 Å². The van der Waals surface area contributed by atoms with Gasteiger partial charge in [-0.25, -0.2) is 0 Å². The molecule has 1 rings (SSSR count). The van der Waals surface area contributed by atoms with Crippen molar-refractivity contribution in [2.45, 2.75) is 32.1 Å². The van der Waals surface area contributed by atoms with Gasteiger partial charge in [-0.05, 0) is 37.0 Å². The molecule has 0 saturated carbocycles. The monoisotopic (exact) mass is 206 g/mol. The van der Waals surface area contributed by atoms with E-state index in [1.54, 1.807) is 18.5 Å². The molecule has 0 atom stereocenters. The topological polar surface area (TPSA) is 50.2 Å². The summed E-state index contributed by atoms with van der Waals surface area (Å²) in [6.45, 7) is 0.277. The zero-order valence-electron chi connectivity index (χ0n) is 8.78. The number of hydrogen-bond donors (Lipinski definition) is 1. The van der Waals surface area contributed by atoms with Crippen LogP contribution < -0.4 is 0 Å². The zero-order valence-corrected chi connectivity index (χ0v) is 8.78. The molecule has 81 valence electrons. The first-order valence-electron chi connectivity index (χ1n) is 5.31. The molecule has 0 bridgehead atoms. The Morgan fingerprint density at radius 1 is 1.27 bits per heavy atom. The minimum atomic E-state index is 0.277. The van der Waals surface area contributed by atoms with Gasteiger partial charge in [0.05, 0.1) is 0 Å². The van der Waals surface area contributed by atoms with Crippen molar-refractivity contribution in [1.82, 2.24) is 4.98 Å². The van der Waals surface area contributed by atoms with E-state index in [9.17, 15) is 4.79 Å². The summed E-state index contributed by atoms with van der Waals surface area (Å²) < 4.78 is 0. The zero-order chi connectivity index (χ0) is 10.9. The number of aliphatic hydroxyl groups excluding tert-OH is 1. The Morgan fingerprint density at radius 3 is 2.80 bits per heavy atom. The van der Waals surface area contributed by atoms with Crippen molar-refractivity contribution in [3.63, 3.8) is 0 Å². The number of aliphatic hydroxyl groups is 1. The summed E-state index contributed by atoms with van der Waals surface area (Å²) in [6, 6.07) is 3.70. The molecule has 15 heavy (non-hydrogen) atoms. The third kappa shape index (κ3) is 4.70. The molecule has 3 nitrogen and oxygen atoms in total. The van der Waals surface area contributed by atoms with Gasteiger partial charge in [-0.3, -0.25) is 9.78 Å². The Bertz CT molecular complexity index is 299. The Kier molecular flexibility index (Phi) is 5.63. The average Bonchev–Trinajstić information content (AvgIpc) is 2.29. The van der Waals surface area contributed by atoms with Crippen LogP contribution in [0.2, 0.25) is 0 Å². The van der Waals surface area contributed by atoms with E-state index in [1.807, 2.05) is 6.07 Å². The molecule has 0 aliphatic rings. The Morgan fingerprint density at radius 2 is 2.07 bits per heavy atom. The van der Waals surface area contributed by atoms with Gasteiger partial charge in [0.2, 0.25) is 0 Å². The lowest BCUT2D eigenvalue weighted by Gasteiger charge is -2.01. The molecular weight excluding hydrogens is 190 g/mol. The number of carbonyl (C=O) groups excluding carboxylic acids is 1. The highest BCUT2D eigenvalue weighted by molar-refractivity contribution is 5.72. The van der Waals surface area contributed by atoms with E-state index in [2.05, 4.69) is 4.98 Å². The number of aromatic nitrogens is 1. The Labute approximate surface area is 90.2 Å². The van der Waals surface area contributed by atoms with Crippen LogP contribution in [0.5, 0.6) is 0 Å². The van der Waals surface area contributed by atoms with E-state index in [1.165, 1.54) is 0 Å². The molecule has 1 N–H and O–H groups in total. The maximum Gasteiger partial charge on any atom is 0.253 e. The Balaban J connectivity index is 2.27. The quantitative estimate of drug-likeness (QED) is 0.690. The van der Waals surface area contributed by atoms with Crippen molar-refractivity contribution in [3.8, 4) is 0 Å². The molecule has 0 spiro atoms. The van der Waals surface area contributed by atoms with Crippen LogP contribution in [0.4, 0.5) is 0 Å². The first-order chi connectivity index (χ1) is 7.36. The van der Waals surface area contributed by atoms with Gasteiger partial charge in [0, 0.05) is 12.8 Å². The van der Waals surface area contributed by atoms with E-state index in [-0.39, 0.29) is 6.61 Å². The predicted octanol–water partition coefficient (Wildman–Crippen LogP) is 1.63. The number of rotatable bonds is 7. The lowest BCUT2D eigenvalue weighted by Crippen LogP contribution is -1.92. The van der Waals surface area contributed by atoms with Crippen molar-refractivity contribution in [1.29, 1.82) is 0 Å². The predicted molar refractivity (Wildman–Crippen MR) is 58.3 cm³/mol. The van der Waals surface area contributed by atoms with Crippen LogP contribution >= 0.6 is 0 Å². The van der Waals surface area contributed by atoms with Gasteiger partial charge in [-0.1, -0.05) is 12.8 Å². The molecule has 0 unspecified atom stereocenters. The van der Waals surface area contributed by atoms with Gasteiger partial charge < -0.3 is 5.11 Å². The fourth-order valence-electron chi connectivity index (χ4n) is 1.48. The standard InChI is InChI=1S/C12H16NO2/c14-8-4-2-1-3-5-11-6-7-13-12(9-11)10-15/h6-7,9,14H,1-5,8H2. The lowest BCUT2D eigenvalue weighted by atomic mass is 10.1. The molecule has 3 heteroatoms. The van der Waals surface area contributed by atoms with Gasteiger partial charge in [-0.2, -0.15) is 0 Å². The molecule has 0 aliphatic carbocycles. The summed E-state index contributed by atoms with van der Waals surface area (Å²) in [5.74, 6) is 0. The van der Waals surface area contributed by atoms with Crippen molar-refractivity contribution < 1.29 is 9.90 Å². The molecule has 0 saturated heterocycles. The summed E-state index contributed by atoms with van der Waals surface area (Å²) >= 11 is 0. The molecule has 0 amide bonds. The van der Waals surface area contributed by atoms with Crippen LogP contribution in [0.3, 0.4) is 0 Å². The van der Waals surface area contributed by atoms with Gasteiger partial charge >= 0.3 is 0 Å². The van der Waals surface area contributed by atoms with Crippen LogP contribution in [-0.2, 0) is 11.2 Å². The summed E-state index contributed by atoms with van der Waals surface area (Å²) in [6.07, 6.45) is 8.53. The largest absolute Gasteiger partial charge is 0.396 e. The van der Waals surface area contributed by atoms with Gasteiger partial charge in [-0.15, -0.1) is 0 Å². The fourth-order valence-corrected chi connectivity index (χ4v) is 1.48. The van der Waals surface area contributed by atoms with Gasteiger partial charge in [0.15, 0.2) is 0 Å². The third-order valence-electron chi connectivity index (χ3n) is 2.30. The van der Waals surface area contributed by atoms with E-state index in [0.29, 0.717) is 5.69 Å². The summed E-state index contributed by atoms with van der Waals surface area (Å²) in [7, 11) is 0. The fraction of sp³-hybridized carbons (Fsp3) is 0.500. The maximum atomic E-state index is 10.4. The maximum absolute atomic E-state index is 10.4. The molecule has 1 heterocycles. The highest BCUT2D eigenvalue weighted by Crippen LogP contribution is 2.07. The second-order valence-electron chi connectivity index (χ2n) is 3.54. The van der Waals surface area contributed by atoms with Crippen LogP contribution in [0.15, 0.2) is 18.3 Å². The van der Waals surface area contributed by atoms with E-state index < -0.39 is 0 Å². The van der Waals surface area contributed by atoms with Gasteiger partial charge in [0.1, 0.15) is 5.69 Å². The van der Waals surface area contributed by atoms with E-state index >= 15 is 0 Å². The number of aryl methyl sites for hydroxylation is 1. The summed E-state index contributed by atoms with van der Waals surface area (Å²) in [4.78, 5) is 14.2. The minimum Gasteiger partial charge on any atom is -0.396 e. The number of nitrogens with zero attached hydrogens (tertiary/aromatic N) is 1. The first-order valence-corrected chi connectivity index (χ1v) is 5.31. The molecule has 1 radical (unpaired) electrons. The smallest absolute Gasteiger partial charge is 0.253 e. The molecule has 0 aliphatic heterocycles. The van der Waals surface area contributed by atoms with Gasteiger partial charge in [0.25, 0.3) is 6.29 Å². The van der Waals surface area contributed by atoms with Crippen molar-refractivity contribution >= 4 is 6.29 Å². The number of unbranched alkanes of at least 4 members (excludes halogenated alkanes) is 3. The highest BCUT2D eigenvalue weighted by atomic mass is 16.2. The first kappa shape index (κ1) is 11.9. The summed E-state index contributed by atoms with van der Waals surface area (Å²) in [5, 5.41) is 8.60. The normalized spacial score (nSPS) is 10.2. The lowest BCUT2D eigenvalue weighted by molar-refractivity contribution is 0.282. The van der Waals surface area contributed by atoms with Crippen LogP contribution in [0.1, 0.15) is 36.9 Å². The average molecular weight is 206 g/mol. The van der Waals surface area contributed by atoms with Crippen LogP contribution in [-0.4, -0.2) is 23.0 Å². The van der Waals surface area contributed by atoms with E-state index in [4.69, 9.17) is 5.11 Å². The number of pyridine rings is 1. The number of hydrogen-bond acceptors (Lipinski definition) is 3. The molecule has 0 aromatic carbocycles. The third-order valence-corrected chi connectivity index (χ3v) is 2.30. The van der Waals surface area contributed by atoms with Crippen molar-refractivity contribution in [2.24, 2.45) is 0 Å². The van der Waals surface area contributed by atoms with Crippen LogP contribution in [0.25, 0.3) is 0 Å². The summed E-state index contributed by atoms with van der Waals surface area (Å²) in [5.41, 5.74) is 1.51. The van der Waals surface area contributed by atoms with E-state index in [0.717, 1.165) is 37.7 Å². The van der Waals surface area contributed by atoms with Crippen molar-refractivity contribution in [2.75, 3.05) is 6.61 Å². The highest BCUT2D eigenvalue weighted by Gasteiger charge is 1.97.